The summed E-state index contributed by atoms with van der Waals surface area (Å²) in [6, 6.07) is 9.68. The van der Waals surface area contributed by atoms with Crippen LogP contribution in [-0.4, -0.2) is 72.6 Å². The summed E-state index contributed by atoms with van der Waals surface area (Å²) in [6.07, 6.45) is 1.72. The lowest BCUT2D eigenvalue weighted by molar-refractivity contribution is 0.0818. The Bertz CT molecular complexity index is 1020. The van der Waals surface area contributed by atoms with Crippen molar-refractivity contribution in [1.82, 2.24) is 24.6 Å². The van der Waals surface area contributed by atoms with E-state index >= 15 is 0 Å². The van der Waals surface area contributed by atoms with Crippen LogP contribution in [-0.2, 0) is 11.5 Å². The number of rotatable bonds is 7. The Balaban J connectivity index is 1.56. The van der Waals surface area contributed by atoms with Crippen molar-refractivity contribution in [3.05, 3.63) is 35.7 Å². The number of hydrogen-bond acceptors (Lipinski definition) is 6. The Morgan fingerprint density at radius 3 is 2.45 bits per heavy atom. The lowest BCUT2D eigenvalue weighted by Gasteiger charge is -2.34. The molecule has 1 saturated heterocycles. The summed E-state index contributed by atoms with van der Waals surface area (Å²) in [5, 5.41) is 5.03. The number of ether oxygens (including phenoxy) is 1. The van der Waals surface area contributed by atoms with Crippen molar-refractivity contribution in [2.24, 2.45) is 0 Å². The molecule has 0 aliphatic carbocycles. The summed E-state index contributed by atoms with van der Waals surface area (Å²) < 4.78 is 7.76. The van der Waals surface area contributed by atoms with Crippen LogP contribution in [0.2, 0.25) is 31.0 Å². The van der Waals surface area contributed by atoms with Gasteiger partial charge in [-0.05, 0) is 36.8 Å². The van der Waals surface area contributed by atoms with Gasteiger partial charge in [-0.2, -0.15) is 5.10 Å². The van der Waals surface area contributed by atoms with Crippen molar-refractivity contribution in [3.8, 4) is 11.3 Å². The van der Waals surface area contributed by atoms with Crippen LogP contribution < -0.4 is 4.90 Å². The van der Waals surface area contributed by atoms with Gasteiger partial charge in [0.2, 0.25) is 5.28 Å². The third kappa shape index (κ3) is 5.44. The van der Waals surface area contributed by atoms with Gasteiger partial charge in [-0.15, -0.1) is 0 Å². The van der Waals surface area contributed by atoms with Gasteiger partial charge in [0, 0.05) is 52.1 Å². The molecule has 0 amide bonds. The predicted octanol–water partition coefficient (Wildman–Crippen LogP) is 4.21. The summed E-state index contributed by atoms with van der Waals surface area (Å²) >= 11 is 6.11. The number of likely N-dealkylation sites (N-methyl/N-ethyl adjacent to an activating group) is 1. The second-order valence-corrected chi connectivity index (χ2v) is 15.4. The maximum absolute atomic E-state index is 6.11. The molecule has 7 nitrogen and oxygen atoms in total. The van der Waals surface area contributed by atoms with E-state index in [9.17, 15) is 0 Å². The molecule has 3 aromatic rings. The molecule has 1 aliphatic rings. The van der Waals surface area contributed by atoms with Gasteiger partial charge < -0.3 is 14.5 Å². The number of nitrogens with zero attached hydrogens (tertiary/aromatic N) is 6. The van der Waals surface area contributed by atoms with Gasteiger partial charge in [-0.3, -0.25) is 0 Å². The molecular weight excluding hydrogens is 428 g/mol. The zero-order valence-electron chi connectivity index (χ0n) is 18.8. The zero-order valence-corrected chi connectivity index (χ0v) is 20.6. The second kappa shape index (κ2) is 9.24. The van der Waals surface area contributed by atoms with E-state index in [2.05, 4.69) is 70.7 Å². The SMILES string of the molecule is CN1CCN(c2ccc(-c3nn(COCC[Si](C)(C)C)c4cnc(Cl)nc34)cc2)CC1. The number of piperazine rings is 1. The molecule has 4 rings (SSSR count). The molecule has 31 heavy (non-hydrogen) atoms. The number of halogens is 1. The van der Waals surface area contributed by atoms with E-state index in [-0.39, 0.29) is 5.28 Å². The summed E-state index contributed by atoms with van der Waals surface area (Å²) in [4.78, 5) is 13.4. The lowest BCUT2D eigenvalue weighted by atomic mass is 10.1. The zero-order chi connectivity index (χ0) is 22.0. The highest BCUT2D eigenvalue weighted by Crippen LogP contribution is 2.29. The molecule has 3 heterocycles. The van der Waals surface area contributed by atoms with E-state index in [0.717, 1.165) is 61.1 Å². The minimum absolute atomic E-state index is 0.224. The Morgan fingerprint density at radius 2 is 1.77 bits per heavy atom. The highest BCUT2D eigenvalue weighted by molar-refractivity contribution is 6.76. The van der Waals surface area contributed by atoms with Crippen LogP contribution in [0.5, 0.6) is 0 Å². The molecule has 0 unspecified atom stereocenters. The first-order valence-corrected chi connectivity index (χ1v) is 14.9. The van der Waals surface area contributed by atoms with Crippen LogP contribution in [0.4, 0.5) is 5.69 Å². The summed E-state index contributed by atoms with van der Waals surface area (Å²) in [7, 11) is 1.04. The van der Waals surface area contributed by atoms with Gasteiger partial charge in [0.25, 0.3) is 0 Å². The van der Waals surface area contributed by atoms with E-state index in [4.69, 9.17) is 21.4 Å². The Hall–Kier alpha value is -2.00. The number of benzene rings is 1. The Kier molecular flexibility index (Phi) is 6.62. The molecule has 166 valence electrons. The van der Waals surface area contributed by atoms with E-state index in [0.29, 0.717) is 6.73 Å². The van der Waals surface area contributed by atoms with Crippen molar-refractivity contribution in [1.29, 1.82) is 0 Å². The normalized spacial score (nSPS) is 15.7. The molecule has 0 bridgehead atoms. The fourth-order valence-corrected chi connectivity index (χ4v) is 4.55. The van der Waals surface area contributed by atoms with Crippen LogP contribution >= 0.6 is 11.6 Å². The first-order valence-electron chi connectivity index (χ1n) is 10.8. The Labute approximate surface area is 190 Å². The monoisotopic (exact) mass is 458 g/mol. The van der Waals surface area contributed by atoms with Gasteiger partial charge in [0.15, 0.2) is 0 Å². The molecule has 9 heteroatoms. The third-order valence-electron chi connectivity index (χ3n) is 5.68. The summed E-state index contributed by atoms with van der Waals surface area (Å²) in [5.74, 6) is 0. The number of fused-ring (bicyclic) bond motifs is 1. The first-order chi connectivity index (χ1) is 14.8. The highest BCUT2D eigenvalue weighted by atomic mass is 35.5. The smallest absolute Gasteiger partial charge is 0.223 e. The maximum atomic E-state index is 6.11. The fourth-order valence-electron chi connectivity index (χ4n) is 3.66. The summed E-state index contributed by atoms with van der Waals surface area (Å²) in [5.41, 5.74) is 4.64. The molecule has 0 radical (unpaired) electrons. The van der Waals surface area contributed by atoms with Crippen LogP contribution in [0.1, 0.15) is 0 Å². The van der Waals surface area contributed by atoms with E-state index in [1.165, 1.54) is 5.69 Å². The lowest BCUT2D eigenvalue weighted by Crippen LogP contribution is -2.44. The van der Waals surface area contributed by atoms with Crippen LogP contribution in [0.25, 0.3) is 22.3 Å². The number of aromatic nitrogens is 4. The topological polar surface area (TPSA) is 59.3 Å². The van der Waals surface area contributed by atoms with Crippen LogP contribution in [0.3, 0.4) is 0 Å². The van der Waals surface area contributed by atoms with Crippen molar-refractivity contribution >= 4 is 36.4 Å². The van der Waals surface area contributed by atoms with Gasteiger partial charge in [-0.25, -0.2) is 14.6 Å². The van der Waals surface area contributed by atoms with Crippen molar-refractivity contribution < 1.29 is 4.74 Å². The minimum atomic E-state index is -1.13. The molecule has 2 aromatic heterocycles. The van der Waals surface area contributed by atoms with E-state index in [1.54, 1.807) is 6.20 Å². The predicted molar refractivity (Wildman–Crippen MR) is 130 cm³/mol. The van der Waals surface area contributed by atoms with Gasteiger partial charge in [-0.1, -0.05) is 31.8 Å². The maximum Gasteiger partial charge on any atom is 0.223 e. The molecule has 1 aliphatic heterocycles. The average molecular weight is 459 g/mol. The molecule has 1 fully saturated rings. The second-order valence-electron chi connectivity index (χ2n) is 9.41. The van der Waals surface area contributed by atoms with E-state index < -0.39 is 8.07 Å². The third-order valence-corrected chi connectivity index (χ3v) is 7.57. The minimum Gasteiger partial charge on any atom is -0.369 e. The molecule has 0 saturated carbocycles. The highest BCUT2D eigenvalue weighted by Gasteiger charge is 2.18. The van der Waals surface area contributed by atoms with Gasteiger partial charge in [0.1, 0.15) is 23.5 Å². The van der Waals surface area contributed by atoms with E-state index in [1.807, 2.05) is 4.68 Å². The molecule has 0 N–H and O–H groups in total. The van der Waals surface area contributed by atoms with Crippen LogP contribution in [0, 0.1) is 0 Å². The molecule has 0 spiro atoms. The van der Waals surface area contributed by atoms with Gasteiger partial charge in [0.05, 0.1) is 6.20 Å². The molecule has 0 atom stereocenters. The van der Waals surface area contributed by atoms with Crippen molar-refractivity contribution in [2.75, 3.05) is 44.7 Å². The number of anilines is 1. The summed E-state index contributed by atoms with van der Waals surface area (Å²) in [6.45, 7) is 12.4. The largest absolute Gasteiger partial charge is 0.369 e. The average Bonchev–Trinajstić information content (AvgIpc) is 3.09. The van der Waals surface area contributed by atoms with Crippen molar-refractivity contribution in [2.45, 2.75) is 32.4 Å². The quantitative estimate of drug-likeness (QED) is 0.300. The molecular formula is C22H31ClN6OSi. The molecule has 1 aromatic carbocycles. The first kappa shape index (κ1) is 22.2. The van der Waals surface area contributed by atoms with Gasteiger partial charge >= 0.3 is 0 Å². The number of hydrogen-bond donors (Lipinski definition) is 0. The van der Waals surface area contributed by atoms with Crippen LogP contribution in [0.15, 0.2) is 30.5 Å². The Morgan fingerprint density at radius 1 is 1.06 bits per heavy atom. The van der Waals surface area contributed by atoms with Crippen molar-refractivity contribution in [3.63, 3.8) is 0 Å². The standard InChI is InChI=1S/C22H31ClN6OSi/c1-27-9-11-28(12-10-27)18-7-5-17(6-8-18)20-21-19(15-24-22(23)25-21)29(26-20)16-30-13-14-31(2,3)4/h5-8,15H,9-14,16H2,1-4H3. The fraction of sp³-hybridized carbons (Fsp3) is 0.500.